The molecule has 0 amide bonds. The maximum absolute atomic E-state index is 9.26. The van der Waals surface area contributed by atoms with Gasteiger partial charge in [-0.2, -0.15) is 0 Å². The van der Waals surface area contributed by atoms with E-state index in [-0.39, 0.29) is 12.0 Å². The molecule has 0 aromatic carbocycles. The third-order valence-electron chi connectivity index (χ3n) is 2.94. The van der Waals surface area contributed by atoms with E-state index in [4.69, 9.17) is 11.6 Å². The van der Waals surface area contributed by atoms with Gasteiger partial charge in [0.05, 0.1) is 0 Å². The van der Waals surface area contributed by atoms with Crippen molar-refractivity contribution in [2.24, 2.45) is 5.41 Å². The van der Waals surface area contributed by atoms with Crippen LogP contribution in [0.2, 0.25) is 5.15 Å². The van der Waals surface area contributed by atoms with Crippen LogP contribution in [0.1, 0.15) is 25.8 Å². The molecule has 0 aliphatic rings. The van der Waals surface area contributed by atoms with Crippen LogP contribution in [0, 0.1) is 5.41 Å². The molecule has 3 nitrogen and oxygen atoms in total. The Kier molecular flexibility index (Phi) is 5.19. The number of nitrogens with one attached hydrogen (secondary N) is 1. The molecule has 0 saturated carbocycles. The zero-order chi connectivity index (χ0) is 12.0. The monoisotopic (exact) mass is 242 g/mol. The van der Waals surface area contributed by atoms with E-state index in [0.29, 0.717) is 11.7 Å². The van der Waals surface area contributed by atoms with E-state index in [2.05, 4.69) is 24.1 Å². The molecule has 0 saturated heterocycles. The third-order valence-corrected chi connectivity index (χ3v) is 3.28. The number of halogens is 1. The smallest absolute Gasteiger partial charge is 0.133 e. The number of aromatic nitrogens is 1. The van der Waals surface area contributed by atoms with Gasteiger partial charge in [-0.1, -0.05) is 31.5 Å². The maximum atomic E-state index is 9.26. The lowest BCUT2D eigenvalue weighted by Crippen LogP contribution is -2.34. The van der Waals surface area contributed by atoms with Gasteiger partial charge in [0.1, 0.15) is 5.15 Å². The zero-order valence-corrected chi connectivity index (χ0v) is 10.6. The van der Waals surface area contributed by atoms with Crippen molar-refractivity contribution in [3.05, 3.63) is 29.0 Å². The quantitative estimate of drug-likeness (QED) is 0.752. The van der Waals surface area contributed by atoms with Gasteiger partial charge in [0, 0.05) is 36.9 Å². The second-order valence-electron chi connectivity index (χ2n) is 4.38. The van der Waals surface area contributed by atoms with Crippen LogP contribution in [0.15, 0.2) is 18.3 Å². The Hall–Kier alpha value is -0.640. The second-order valence-corrected chi connectivity index (χ2v) is 4.74. The van der Waals surface area contributed by atoms with E-state index >= 15 is 0 Å². The van der Waals surface area contributed by atoms with Crippen LogP contribution in [-0.4, -0.2) is 23.2 Å². The number of pyridine rings is 1. The molecule has 90 valence electrons. The molecule has 0 fully saturated rings. The summed E-state index contributed by atoms with van der Waals surface area (Å²) in [5, 5.41) is 13.1. The van der Waals surface area contributed by atoms with Gasteiger partial charge in [0.25, 0.3) is 0 Å². The largest absolute Gasteiger partial charge is 0.396 e. The number of hydrogen-bond donors (Lipinski definition) is 2. The number of aliphatic hydroxyl groups is 1. The summed E-state index contributed by atoms with van der Waals surface area (Å²) in [5.41, 5.74) is 0.926. The van der Waals surface area contributed by atoms with E-state index < -0.39 is 0 Å². The first-order chi connectivity index (χ1) is 7.61. The van der Waals surface area contributed by atoms with Crippen LogP contribution < -0.4 is 5.32 Å². The summed E-state index contributed by atoms with van der Waals surface area (Å²) in [5.74, 6) is 0. The van der Waals surface area contributed by atoms with Crippen molar-refractivity contribution in [2.75, 3.05) is 13.2 Å². The van der Waals surface area contributed by atoms with E-state index in [1.54, 1.807) is 6.20 Å². The van der Waals surface area contributed by atoms with Crippen LogP contribution in [0.25, 0.3) is 0 Å². The third kappa shape index (κ3) is 3.74. The minimum absolute atomic E-state index is 0.0608. The van der Waals surface area contributed by atoms with Crippen molar-refractivity contribution in [3.8, 4) is 0 Å². The average Bonchev–Trinajstić information content (AvgIpc) is 2.31. The highest BCUT2D eigenvalue weighted by Gasteiger charge is 2.20. The summed E-state index contributed by atoms with van der Waals surface area (Å²) in [6.45, 7) is 5.78. The van der Waals surface area contributed by atoms with Crippen molar-refractivity contribution in [1.29, 1.82) is 0 Å². The highest BCUT2D eigenvalue weighted by molar-refractivity contribution is 6.30. The lowest BCUT2D eigenvalue weighted by atomic mass is 9.88. The van der Waals surface area contributed by atoms with Gasteiger partial charge in [0.2, 0.25) is 0 Å². The number of nitrogens with zero attached hydrogens (tertiary/aromatic N) is 1. The van der Waals surface area contributed by atoms with Crippen LogP contribution in [-0.2, 0) is 6.54 Å². The van der Waals surface area contributed by atoms with Crippen LogP contribution >= 0.6 is 11.6 Å². The Morgan fingerprint density at radius 3 is 2.88 bits per heavy atom. The maximum Gasteiger partial charge on any atom is 0.133 e. The predicted molar refractivity (Wildman–Crippen MR) is 66.4 cm³/mol. The van der Waals surface area contributed by atoms with E-state index in [1.165, 1.54) is 0 Å². The van der Waals surface area contributed by atoms with Gasteiger partial charge in [0.15, 0.2) is 0 Å². The predicted octanol–water partition coefficient (Wildman–Crippen LogP) is 2.23. The van der Waals surface area contributed by atoms with Gasteiger partial charge >= 0.3 is 0 Å². The Labute approximate surface area is 102 Å². The fourth-order valence-electron chi connectivity index (χ4n) is 1.34. The molecule has 1 atom stereocenters. The van der Waals surface area contributed by atoms with Crippen molar-refractivity contribution in [3.63, 3.8) is 0 Å². The van der Waals surface area contributed by atoms with E-state index in [1.807, 2.05) is 12.1 Å². The molecule has 0 spiro atoms. The Bertz CT molecular complexity index is 327. The molecule has 1 rings (SSSR count). The van der Waals surface area contributed by atoms with Gasteiger partial charge in [-0.15, -0.1) is 0 Å². The number of rotatable bonds is 6. The Morgan fingerprint density at radius 1 is 1.56 bits per heavy atom. The lowest BCUT2D eigenvalue weighted by molar-refractivity contribution is 0.135. The Morgan fingerprint density at radius 2 is 2.31 bits per heavy atom. The Balaban J connectivity index is 2.44. The SMILES string of the molecule is CCC(C)(CO)CNCc1cccnc1Cl. The number of aliphatic hydroxyl groups excluding tert-OH is 1. The average molecular weight is 243 g/mol. The number of hydrogen-bond acceptors (Lipinski definition) is 3. The molecule has 4 heteroatoms. The molecule has 0 aliphatic carbocycles. The first kappa shape index (κ1) is 13.4. The fraction of sp³-hybridized carbons (Fsp3) is 0.583. The summed E-state index contributed by atoms with van der Waals surface area (Å²) in [6.07, 6.45) is 2.62. The molecule has 1 aromatic heterocycles. The van der Waals surface area contributed by atoms with Crippen LogP contribution in [0.3, 0.4) is 0 Å². The van der Waals surface area contributed by atoms with E-state index in [0.717, 1.165) is 18.5 Å². The molecule has 1 aromatic rings. The molecule has 1 heterocycles. The van der Waals surface area contributed by atoms with E-state index in [9.17, 15) is 5.11 Å². The first-order valence-corrected chi connectivity index (χ1v) is 5.90. The topological polar surface area (TPSA) is 45.1 Å². The molecule has 0 bridgehead atoms. The van der Waals surface area contributed by atoms with Crippen LogP contribution in [0.4, 0.5) is 0 Å². The summed E-state index contributed by atoms with van der Waals surface area (Å²) in [7, 11) is 0. The van der Waals surface area contributed by atoms with Crippen molar-refractivity contribution in [2.45, 2.75) is 26.8 Å². The second kappa shape index (κ2) is 6.18. The molecule has 2 N–H and O–H groups in total. The summed E-state index contributed by atoms with van der Waals surface area (Å²) in [4.78, 5) is 4.01. The molecule has 1 unspecified atom stereocenters. The molecule has 0 radical (unpaired) electrons. The highest BCUT2D eigenvalue weighted by atomic mass is 35.5. The summed E-state index contributed by atoms with van der Waals surface area (Å²) >= 11 is 5.94. The minimum atomic E-state index is -0.0608. The zero-order valence-electron chi connectivity index (χ0n) is 9.83. The lowest BCUT2D eigenvalue weighted by Gasteiger charge is -2.25. The summed E-state index contributed by atoms with van der Waals surface area (Å²) < 4.78 is 0. The van der Waals surface area contributed by atoms with Gasteiger partial charge in [-0.25, -0.2) is 4.98 Å². The van der Waals surface area contributed by atoms with Crippen molar-refractivity contribution in [1.82, 2.24) is 10.3 Å². The van der Waals surface area contributed by atoms with Crippen molar-refractivity contribution < 1.29 is 5.11 Å². The first-order valence-electron chi connectivity index (χ1n) is 5.52. The normalized spacial score (nSPS) is 14.8. The van der Waals surface area contributed by atoms with Gasteiger partial charge in [-0.05, 0) is 12.5 Å². The molecular weight excluding hydrogens is 224 g/mol. The summed E-state index contributed by atoms with van der Waals surface area (Å²) in [6, 6.07) is 3.82. The highest BCUT2D eigenvalue weighted by Crippen LogP contribution is 2.19. The molecular formula is C12H19ClN2O. The van der Waals surface area contributed by atoms with Crippen LogP contribution in [0.5, 0.6) is 0 Å². The molecule has 16 heavy (non-hydrogen) atoms. The molecule has 0 aliphatic heterocycles. The fourth-order valence-corrected chi connectivity index (χ4v) is 1.53. The van der Waals surface area contributed by atoms with Crippen molar-refractivity contribution >= 4 is 11.6 Å². The minimum Gasteiger partial charge on any atom is -0.396 e. The standard InChI is InChI=1S/C12H19ClN2O/c1-3-12(2,9-16)8-14-7-10-5-4-6-15-11(10)13/h4-6,14,16H,3,7-9H2,1-2H3. The van der Waals surface area contributed by atoms with Gasteiger partial charge < -0.3 is 10.4 Å². The van der Waals surface area contributed by atoms with Gasteiger partial charge in [-0.3, -0.25) is 0 Å².